The lowest BCUT2D eigenvalue weighted by molar-refractivity contribution is -0.142. The Morgan fingerprint density at radius 3 is 2.88 bits per heavy atom. The third-order valence-electron chi connectivity index (χ3n) is 2.02. The molecule has 1 atom stereocenters. The molecule has 0 aliphatic carbocycles. The van der Waals surface area contributed by atoms with Gasteiger partial charge in [-0.1, -0.05) is 0 Å². The van der Waals surface area contributed by atoms with Crippen molar-refractivity contribution in [2.45, 2.75) is 19.0 Å². The molecule has 94 valence electrons. The van der Waals surface area contributed by atoms with Crippen molar-refractivity contribution in [1.29, 1.82) is 0 Å². The molecule has 2 N–H and O–H groups in total. The third kappa shape index (κ3) is 4.85. The van der Waals surface area contributed by atoms with Gasteiger partial charge in [-0.3, -0.25) is 4.79 Å². The first-order valence-electron chi connectivity index (χ1n) is 4.97. The minimum atomic E-state index is -1.02. The van der Waals surface area contributed by atoms with Crippen LogP contribution in [0.15, 0.2) is 12.7 Å². The molecule has 0 aliphatic heterocycles. The van der Waals surface area contributed by atoms with E-state index in [4.69, 9.17) is 5.11 Å². The number of aliphatic carboxylic acids is 1. The number of hydrogen-bond acceptors (Lipinski definition) is 5. The quantitative estimate of drug-likeness (QED) is 0.690. The first-order valence-corrected chi connectivity index (χ1v) is 6.36. The number of amides is 1. The molecule has 0 fully saturated rings. The average Bonchev–Trinajstić information content (AvgIpc) is 2.76. The van der Waals surface area contributed by atoms with Crippen LogP contribution in [0.1, 0.15) is 6.42 Å². The van der Waals surface area contributed by atoms with Crippen molar-refractivity contribution in [3.05, 3.63) is 12.7 Å². The normalized spacial score (nSPS) is 12.1. The predicted molar refractivity (Wildman–Crippen MR) is 62.6 cm³/mol. The zero-order valence-electron chi connectivity index (χ0n) is 9.37. The number of aromatic nitrogens is 3. The molecule has 0 saturated heterocycles. The van der Waals surface area contributed by atoms with Crippen LogP contribution in [0.3, 0.4) is 0 Å². The van der Waals surface area contributed by atoms with Gasteiger partial charge >= 0.3 is 5.97 Å². The molecule has 1 aromatic heterocycles. The Bertz CT molecular complexity index is 368. The maximum atomic E-state index is 11.5. The number of carbonyl (C=O) groups is 2. The molecule has 7 nitrogen and oxygen atoms in total. The zero-order valence-corrected chi connectivity index (χ0v) is 10.2. The number of nitrogens with zero attached hydrogens (tertiary/aromatic N) is 3. The predicted octanol–water partition coefficient (Wildman–Crippen LogP) is -0.399. The van der Waals surface area contributed by atoms with Gasteiger partial charge in [-0.2, -0.15) is 16.9 Å². The first-order chi connectivity index (χ1) is 8.13. The molecule has 1 unspecified atom stereocenters. The Morgan fingerprint density at radius 1 is 1.59 bits per heavy atom. The Hall–Kier alpha value is -1.57. The molecule has 0 bridgehead atoms. The van der Waals surface area contributed by atoms with E-state index in [1.54, 1.807) is 0 Å². The van der Waals surface area contributed by atoms with Gasteiger partial charge in [0.15, 0.2) is 0 Å². The maximum Gasteiger partial charge on any atom is 0.326 e. The van der Waals surface area contributed by atoms with Crippen molar-refractivity contribution in [2.75, 3.05) is 12.0 Å². The minimum absolute atomic E-state index is 0.0248. The fourth-order valence-electron chi connectivity index (χ4n) is 1.19. The standard InChI is InChI=1S/C9H14N4O3S/c1-17-3-2-7(9(15)16)12-8(14)4-13-6-10-5-11-13/h5-7H,2-4H2,1H3,(H,12,14)(H,15,16). The van der Waals surface area contributed by atoms with Gasteiger partial charge < -0.3 is 10.4 Å². The second-order valence-electron chi connectivity index (χ2n) is 3.33. The van der Waals surface area contributed by atoms with Crippen molar-refractivity contribution >= 4 is 23.6 Å². The van der Waals surface area contributed by atoms with E-state index in [2.05, 4.69) is 15.4 Å². The Morgan fingerprint density at radius 2 is 2.35 bits per heavy atom. The van der Waals surface area contributed by atoms with Crippen LogP contribution in [0.25, 0.3) is 0 Å². The summed E-state index contributed by atoms with van der Waals surface area (Å²) in [6, 6.07) is -0.849. The van der Waals surface area contributed by atoms with Crippen molar-refractivity contribution < 1.29 is 14.7 Å². The largest absolute Gasteiger partial charge is 0.480 e. The van der Waals surface area contributed by atoms with Crippen LogP contribution in [0.4, 0.5) is 0 Å². The van der Waals surface area contributed by atoms with Gasteiger partial charge in [0.1, 0.15) is 25.2 Å². The second-order valence-corrected chi connectivity index (χ2v) is 4.32. The second kappa shape index (κ2) is 6.89. The van der Waals surface area contributed by atoms with Crippen LogP contribution < -0.4 is 5.32 Å². The molecule has 0 aromatic carbocycles. The van der Waals surface area contributed by atoms with Gasteiger partial charge in [0.2, 0.25) is 5.91 Å². The van der Waals surface area contributed by atoms with Crippen LogP contribution in [0, 0.1) is 0 Å². The Balaban J connectivity index is 2.43. The summed E-state index contributed by atoms with van der Waals surface area (Å²) in [5.41, 5.74) is 0. The van der Waals surface area contributed by atoms with E-state index in [9.17, 15) is 9.59 Å². The number of hydrogen-bond donors (Lipinski definition) is 2. The zero-order chi connectivity index (χ0) is 12.7. The number of carbonyl (C=O) groups excluding carboxylic acids is 1. The fraction of sp³-hybridized carbons (Fsp3) is 0.556. The summed E-state index contributed by atoms with van der Waals surface area (Å²) in [6.45, 7) is -0.0248. The van der Waals surface area contributed by atoms with E-state index < -0.39 is 12.0 Å². The number of carboxylic acid groups (broad SMARTS) is 1. The number of nitrogens with one attached hydrogen (secondary N) is 1. The number of rotatable bonds is 7. The molecular weight excluding hydrogens is 244 g/mol. The van der Waals surface area contributed by atoms with E-state index in [1.807, 2.05) is 6.26 Å². The molecule has 8 heteroatoms. The van der Waals surface area contributed by atoms with Gasteiger partial charge in [-0.15, -0.1) is 0 Å². The highest BCUT2D eigenvalue weighted by Gasteiger charge is 2.19. The highest BCUT2D eigenvalue weighted by molar-refractivity contribution is 7.98. The van der Waals surface area contributed by atoms with E-state index in [0.717, 1.165) is 0 Å². The molecule has 1 rings (SSSR count). The molecule has 1 heterocycles. The molecule has 1 aromatic rings. The lowest BCUT2D eigenvalue weighted by Crippen LogP contribution is -2.42. The first kappa shape index (κ1) is 13.5. The average molecular weight is 258 g/mol. The Labute approximate surface area is 103 Å². The van der Waals surface area contributed by atoms with Gasteiger partial charge in [0, 0.05) is 0 Å². The molecule has 0 radical (unpaired) electrons. The monoisotopic (exact) mass is 258 g/mol. The number of carboxylic acids is 1. The van der Waals surface area contributed by atoms with Crippen molar-refractivity contribution in [3.63, 3.8) is 0 Å². The van der Waals surface area contributed by atoms with Crippen LogP contribution in [-0.2, 0) is 16.1 Å². The summed E-state index contributed by atoms with van der Waals surface area (Å²) < 4.78 is 1.34. The van der Waals surface area contributed by atoms with Gasteiger partial charge in [-0.05, 0) is 18.4 Å². The number of thioether (sulfide) groups is 1. The van der Waals surface area contributed by atoms with Gasteiger partial charge in [-0.25, -0.2) is 14.5 Å². The molecule has 1 amide bonds. The summed E-state index contributed by atoms with van der Waals surface area (Å²) in [6.07, 6.45) is 5.00. The fourth-order valence-corrected chi connectivity index (χ4v) is 1.67. The summed E-state index contributed by atoms with van der Waals surface area (Å²) >= 11 is 1.54. The lowest BCUT2D eigenvalue weighted by atomic mass is 10.2. The molecular formula is C9H14N4O3S. The SMILES string of the molecule is CSCCC(NC(=O)Cn1cncn1)C(=O)O. The van der Waals surface area contributed by atoms with Gasteiger partial charge in [0.25, 0.3) is 0 Å². The van der Waals surface area contributed by atoms with Crippen LogP contribution >= 0.6 is 11.8 Å². The third-order valence-corrected chi connectivity index (χ3v) is 2.66. The van der Waals surface area contributed by atoms with Crippen molar-refractivity contribution in [3.8, 4) is 0 Å². The molecule has 0 saturated carbocycles. The van der Waals surface area contributed by atoms with Crippen molar-refractivity contribution in [1.82, 2.24) is 20.1 Å². The smallest absolute Gasteiger partial charge is 0.326 e. The summed E-state index contributed by atoms with van der Waals surface area (Å²) in [4.78, 5) is 26.1. The summed E-state index contributed by atoms with van der Waals surface area (Å²) in [7, 11) is 0. The van der Waals surface area contributed by atoms with Gasteiger partial charge in [0.05, 0.1) is 0 Å². The highest BCUT2D eigenvalue weighted by Crippen LogP contribution is 2.01. The summed E-state index contributed by atoms with van der Waals surface area (Å²) in [5.74, 6) is -0.726. The topological polar surface area (TPSA) is 97.1 Å². The van der Waals surface area contributed by atoms with E-state index in [-0.39, 0.29) is 12.5 Å². The minimum Gasteiger partial charge on any atom is -0.480 e. The van der Waals surface area contributed by atoms with Crippen LogP contribution in [0.2, 0.25) is 0 Å². The van der Waals surface area contributed by atoms with Crippen molar-refractivity contribution in [2.24, 2.45) is 0 Å². The van der Waals surface area contributed by atoms with Crippen LogP contribution in [0.5, 0.6) is 0 Å². The van der Waals surface area contributed by atoms with E-state index in [1.165, 1.54) is 29.1 Å². The van der Waals surface area contributed by atoms with Crippen LogP contribution in [-0.4, -0.2) is 49.8 Å². The highest BCUT2D eigenvalue weighted by atomic mass is 32.2. The molecule has 17 heavy (non-hydrogen) atoms. The van der Waals surface area contributed by atoms with E-state index in [0.29, 0.717) is 12.2 Å². The molecule has 0 aliphatic rings. The lowest BCUT2D eigenvalue weighted by Gasteiger charge is -2.13. The molecule has 0 spiro atoms. The maximum absolute atomic E-state index is 11.5. The Kier molecular flexibility index (Phi) is 5.47. The van der Waals surface area contributed by atoms with E-state index >= 15 is 0 Å². The summed E-state index contributed by atoms with van der Waals surface area (Å²) in [5, 5.41) is 15.1.